The monoisotopic (exact) mass is 211 g/mol. The summed E-state index contributed by atoms with van der Waals surface area (Å²) in [5.41, 5.74) is 2.01. The third-order valence-corrected chi connectivity index (χ3v) is 2.91. The van der Waals surface area contributed by atoms with Gasteiger partial charge in [-0.1, -0.05) is 20.8 Å². The van der Waals surface area contributed by atoms with Crippen molar-refractivity contribution >= 4 is 11.8 Å². The summed E-state index contributed by atoms with van der Waals surface area (Å²) in [6, 6.07) is 1.99. The number of hydrogen-bond acceptors (Lipinski definition) is 3. The molecule has 0 aromatic carbocycles. The van der Waals surface area contributed by atoms with E-state index in [0.29, 0.717) is 0 Å². The number of aryl methyl sites for hydroxylation is 1. The van der Waals surface area contributed by atoms with Crippen molar-refractivity contribution in [2.45, 2.75) is 44.1 Å². The minimum atomic E-state index is 0.0638. The third-order valence-electron chi connectivity index (χ3n) is 1.67. The lowest BCUT2D eigenvalue weighted by atomic mass is 10.2. The van der Waals surface area contributed by atoms with E-state index in [1.807, 2.05) is 13.0 Å². The molecule has 3 heteroatoms. The Hall–Kier alpha value is -0.540. The Labute approximate surface area is 89.8 Å². The molecule has 1 N–H and O–H groups in total. The number of aliphatic hydroxyl groups is 1. The third kappa shape index (κ3) is 3.31. The Morgan fingerprint density at radius 3 is 2.50 bits per heavy atom. The SMILES string of the molecule is Cc1cc(CO)cnc1SC(C)(C)C. The molecular formula is C11H17NOS. The van der Waals surface area contributed by atoms with Crippen molar-refractivity contribution in [3.05, 3.63) is 23.4 Å². The van der Waals surface area contributed by atoms with Crippen molar-refractivity contribution in [3.63, 3.8) is 0 Å². The maximum Gasteiger partial charge on any atom is 0.0994 e. The minimum absolute atomic E-state index is 0.0638. The Kier molecular flexibility index (Phi) is 3.56. The molecule has 0 bridgehead atoms. The highest BCUT2D eigenvalue weighted by atomic mass is 32.2. The number of aliphatic hydroxyl groups excluding tert-OH is 1. The van der Waals surface area contributed by atoms with Gasteiger partial charge in [-0.3, -0.25) is 0 Å². The van der Waals surface area contributed by atoms with Crippen molar-refractivity contribution in [1.29, 1.82) is 0 Å². The molecule has 0 radical (unpaired) electrons. The molecule has 0 saturated heterocycles. The zero-order valence-corrected chi connectivity index (χ0v) is 9.98. The minimum Gasteiger partial charge on any atom is -0.392 e. The van der Waals surface area contributed by atoms with Crippen LogP contribution in [-0.4, -0.2) is 14.8 Å². The van der Waals surface area contributed by atoms with E-state index in [4.69, 9.17) is 5.11 Å². The average Bonchev–Trinajstić information content (AvgIpc) is 2.06. The molecule has 0 aliphatic rings. The summed E-state index contributed by atoms with van der Waals surface area (Å²) in [6.45, 7) is 8.59. The maximum atomic E-state index is 8.94. The lowest BCUT2D eigenvalue weighted by Gasteiger charge is -2.18. The molecule has 0 aliphatic heterocycles. The van der Waals surface area contributed by atoms with Crippen LogP contribution in [0.1, 0.15) is 31.9 Å². The molecule has 0 aliphatic carbocycles. The van der Waals surface area contributed by atoms with Gasteiger partial charge in [-0.05, 0) is 24.1 Å². The molecule has 0 atom stereocenters. The van der Waals surface area contributed by atoms with Gasteiger partial charge in [0.05, 0.1) is 11.6 Å². The van der Waals surface area contributed by atoms with Crippen LogP contribution in [0.25, 0.3) is 0 Å². The van der Waals surface area contributed by atoms with Crippen LogP contribution in [0.3, 0.4) is 0 Å². The van der Waals surface area contributed by atoms with Crippen LogP contribution >= 0.6 is 11.8 Å². The van der Waals surface area contributed by atoms with Gasteiger partial charge in [-0.2, -0.15) is 0 Å². The van der Waals surface area contributed by atoms with Crippen LogP contribution in [0.15, 0.2) is 17.3 Å². The molecule has 14 heavy (non-hydrogen) atoms. The van der Waals surface area contributed by atoms with Crippen molar-refractivity contribution in [3.8, 4) is 0 Å². The first-order valence-electron chi connectivity index (χ1n) is 4.68. The Morgan fingerprint density at radius 2 is 2.07 bits per heavy atom. The first-order chi connectivity index (χ1) is 6.42. The largest absolute Gasteiger partial charge is 0.392 e. The van der Waals surface area contributed by atoms with Crippen LogP contribution < -0.4 is 0 Å². The zero-order chi connectivity index (χ0) is 10.8. The second kappa shape index (κ2) is 4.32. The number of pyridine rings is 1. The molecule has 1 rings (SSSR count). The summed E-state index contributed by atoms with van der Waals surface area (Å²) in [4.78, 5) is 4.34. The van der Waals surface area contributed by atoms with Crippen molar-refractivity contribution in [1.82, 2.24) is 4.98 Å². The zero-order valence-electron chi connectivity index (χ0n) is 9.16. The van der Waals surface area contributed by atoms with Crippen LogP contribution in [0, 0.1) is 6.92 Å². The topological polar surface area (TPSA) is 33.1 Å². The predicted molar refractivity (Wildman–Crippen MR) is 60.5 cm³/mol. The van der Waals surface area contributed by atoms with Crippen molar-refractivity contribution in [2.24, 2.45) is 0 Å². The number of rotatable bonds is 2. The Bertz CT molecular complexity index is 318. The molecule has 2 nitrogen and oxygen atoms in total. The van der Waals surface area contributed by atoms with Crippen LogP contribution in [0.5, 0.6) is 0 Å². The van der Waals surface area contributed by atoms with E-state index in [9.17, 15) is 0 Å². The Balaban J connectivity index is 2.89. The van der Waals surface area contributed by atoms with Crippen LogP contribution in [0.2, 0.25) is 0 Å². The quantitative estimate of drug-likeness (QED) is 0.764. The fourth-order valence-electron chi connectivity index (χ4n) is 1.10. The maximum absolute atomic E-state index is 8.94. The standard InChI is InChI=1S/C11H17NOS/c1-8-5-9(7-13)6-12-10(8)14-11(2,3)4/h5-6,13H,7H2,1-4H3. The Morgan fingerprint density at radius 1 is 1.43 bits per heavy atom. The van der Waals surface area contributed by atoms with Gasteiger partial charge in [0, 0.05) is 10.9 Å². The van der Waals surface area contributed by atoms with E-state index >= 15 is 0 Å². The fraction of sp³-hybridized carbons (Fsp3) is 0.545. The van der Waals surface area contributed by atoms with E-state index < -0.39 is 0 Å². The lowest BCUT2D eigenvalue weighted by molar-refractivity contribution is 0.281. The van der Waals surface area contributed by atoms with Gasteiger partial charge in [-0.25, -0.2) is 4.98 Å². The first kappa shape index (κ1) is 11.5. The van der Waals surface area contributed by atoms with Gasteiger partial charge in [0.2, 0.25) is 0 Å². The molecule has 0 unspecified atom stereocenters. The second-order valence-corrected chi connectivity index (χ2v) is 6.15. The van der Waals surface area contributed by atoms with Gasteiger partial charge < -0.3 is 5.11 Å². The summed E-state index contributed by atoms with van der Waals surface area (Å²) in [6.07, 6.45) is 1.74. The number of hydrogen-bond donors (Lipinski definition) is 1. The molecule has 0 amide bonds. The van der Waals surface area contributed by atoms with Gasteiger partial charge in [0.15, 0.2) is 0 Å². The summed E-state index contributed by atoms with van der Waals surface area (Å²) < 4.78 is 0.179. The van der Waals surface area contributed by atoms with Crippen LogP contribution in [0.4, 0.5) is 0 Å². The highest BCUT2D eigenvalue weighted by molar-refractivity contribution is 8.00. The van der Waals surface area contributed by atoms with Crippen molar-refractivity contribution in [2.75, 3.05) is 0 Å². The highest BCUT2D eigenvalue weighted by Gasteiger charge is 2.14. The van der Waals surface area contributed by atoms with E-state index in [1.165, 1.54) is 0 Å². The smallest absolute Gasteiger partial charge is 0.0994 e. The average molecular weight is 211 g/mol. The van der Waals surface area contributed by atoms with Crippen molar-refractivity contribution < 1.29 is 5.11 Å². The molecule has 0 fully saturated rings. The lowest BCUT2D eigenvalue weighted by Crippen LogP contribution is -2.08. The molecule has 78 valence electrons. The molecule has 0 spiro atoms. The number of aromatic nitrogens is 1. The van der Waals surface area contributed by atoms with Gasteiger partial charge in [-0.15, -0.1) is 11.8 Å². The predicted octanol–water partition coefficient (Wildman–Crippen LogP) is 2.77. The molecule has 1 heterocycles. The highest BCUT2D eigenvalue weighted by Crippen LogP contribution is 2.32. The van der Waals surface area contributed by atoms with E-state index in [-0.39, 0.29) is 11.4 Å². The molecule has 0 saturated carbocycles. The summed E-state index contributed by atoms with van der Waals surface area (Å²) >= 11 is 1.75. The summed E-state index contributed by atoms with van der Waals surface area (Å²) in [5, 5.41) is 9.99. The fourth-order valence-corrected chi connectivity index (χ4v) is 2.01. The molecule has 1 aromatic rings. The van der Waals surface area contributed by atoms with Gasteiger partial charge >= 0.3 is 0 Å². The number of nitrogens with zero attached hydrogens (tertiary/aromatic N) is 1. The summed E-state index contributed by atoms with van der Waals surface area (Å²) in [7, 11) is 0. The molecular weight excluding hydrogens is 194 g/mol. The van der Waals surface area contributed by atoms with Gasteiger partial charge in [0.25, 0.3) is 0 Å². The first-order valence-corrected chi connectivity index (χ1v) is 5.49. The van der Waals surface area contributed by atoms with Crippen LogP contribution in [-0.2, 0) is 6.61 Å². The van der Waals surface area contributed by atoms with Gasteiger partial charge in [0.1, 0.15) is 0 Å². The van der Waals surface area contributed by atoms with E-state index in [1.54, 1.807) is 18.0 Å². The normalized spacial score (nSPS) is 11.8. The second-order valence-electron chi connectivity index (χ2n) is 4.34. The van der Waals surface area contributed by atoms with E-state index in [2.05, 4.69) is 25.8 Å². The molecule has 1 aromatic heterocycles. The summed E-state index contributed by atoms with van der Waals surface area (Å²) in [5.74, 6) is 0. The number of thioether (sulfide) groups is 1. The van der Waals surface area contributed by atoms with E-state index in [0.717, 1.165) is 16.2 Å².